The molecule has 0 spiro atoms. The highest BCUT2D eigenvalue weighted by Crippen LogP contribution is 2.44. The van der Waals surface area contributed by atoms with E-state index in [1.54, 1.807) is 22.8 Å². The largest absolute Gasteiger partial charge is 0.449 e. The monoisotopic (exact) mass is 495 g/mol. The highest BCUT2D eigenvalue weighted by molar-refractivity contribution is 5.79. The Labute approximate surface area is 212 Å². The fourth-order valence-corrected chi connectivity index (χ4v) is 5.07. The van der Waals surface area contributed by atoms with Crippen molar-refractivity contribution >= 4 is 17.1 Å². The molecule has 0 saturated carbocycles. The van der Waals surface area contributed by atoms with Crippen LogP contribution in [0, 0.1) is 11.6 Å². The minimum atomic E-state index is -0.516. The van der Waals surface area contributed by atoms with Crippen LogP contribution in [0.5, 0.6) is 0 Å². The van der Waals surface area contributed by atoms with E-state index in [9.17, 15) is 13.6 Å². The van der Waals surface area contributed by atoms with E-state index in [1.807, 2.05) is 24.3 Å². The molecule has 1 aliphatic rings. The van der Waals surface area contributed by atoms with Crippen LogP contribution in [0.25, 0.3) is 27.8 Å². The first-order valence-electron chi connectivity index (χ1n) is 12.1. The molecule has 0 radical (unpaired) electrons. The number of aromatic nitrogens is 2. The van der Waals surface area contributed by atoms with E-state index < -0.39 is 6.09 Å². The fraction of sp³-hybridized carbons (Fsp3) is 0.133. The van der Waals surface area contributed by atoms with Crippen LogP contribution < -0.4 is 5.32 Å². The maximum atomic E-state index is 14.0. The summed E-state index contributed by atoms with van der Waals surface area (Å²) >= 11 is 0. The van der Waals surface area contributed by atoms with Crippen molar-refractivity contribution in [3.8, 4) is 16.8 Å². The van der Waals surface area contributed by atoms with Crippen LogP contribution in [0.4, 0.5) is 13.6 Å². The Hall–Kier alpha value is -4.52. The van der Waals surface area contributed by atoms with Crippen molar-refractivity contribution in [3.63, 3.8) is 0 Å². The number of carbonyl (C=O) groups is 1. The number of hydrogen-bond donors (Lipinski definition) is 1. The summed E-state index contributed by atoms with van der Waals surface area (Å²) in [7, 11) is 0. The SMILES string of the molecule is O=C(NCCc1nc2ccc(F)cc2n1-c1ccc(F)cc1)OCC1c2ccccc2-c2ccccc21. The van der Waals surface area contributed by atoms with Crippen LogP contribution in [0.15, 0.2) is 91.0 Å². The lowest BCUT2D eigenvalue weighted by molar-refractivity contribution is 0.143. The summed E-state index contributed by atoms with van der Waals surface area (Å²) < 4.78 is 34.9. The quantitative estimate of drug-likeness (QED) is 0.297. The predicted octanol–water partition coefficient (Wildman–Crippen LogP) is 6.38. The molecule has 6 rings (SSSR count). The Bertz CT molecular complexity index is 1570. The Morgan fingerprint density at radius 3 is 2.22 bits per heavy atom. The van der Waals surface area contributed by atoms with Crippen molar-refractivity contribution in [2.45, 2.75) is 12.3 Å². The maximum absolute atomic E-state index is 14.0. The molecule has 4 aromatic carbocycles. The molecule has 1 N–H and O–H groups in total. The second-order valence-electron chi connectivity index (χ2n) is 8.98. The standard InChI is InChI=1S/C30H23F2N3O2/c31-19-9-12-21(13-10-19)35-28-17-20(32)11-14-27(28)34-29(35)15-16-33-30(36)37-18-26-24-7-3-1-5-22(24)23-6-2-4-8-25(23)26/h1-14,17,26H,15-16,18H2,(H,33,36). The van der Waals surface area contributed by atoms with Gasteiger partial charge in [-0.3, -0.25) is 4.57 Å². The van der Waals surface area contributed by atoms with Crippen molar-refractivity contribution < 1.29 is 18.3 Å². The molecule has 0 unspecified atom stereocenters. The molecule has 0 bridgehead atoms. The number of nitrogens with zero attached hydrogens (tertiary/aromatic N) is 2. The predicted molar refractivity (Wildman–Crippen MR) is 138 cm³/mol. The van der Waals surface area contributed by atoms with Gasteiger partial charge in [0.15, 0.2) is 0 Å². The van der Waals surface area contributed by atoms with Gasteiger partial charge < -0.3 is 10.1 Å². The van der Waals surface area contributed by atoms with E-state index in [4.69, 9.17) is 4.74 Å². The topological polar surface area (TPSA) is 56.2 Å². The number of nitrogens with one attached hydrogen (secondary N) is 1. The van der Waals surface area contributed by atoms with E-state index in [1.165, 1.54) is 35.4 Å². The minimum Gasteiger partial charge on any atom is -0.449 e. The normalized spacial score (nSPS) is 12.4. The zero-order valence-electron chi connectivity index (χ0n) is 19.8. The summed E-state index contributed by atoms with van der Waals surface area (Å²) in [5.74, 6) is -0.154. The van der Waals surface area contributed by atoms with Crippen molar-refractivity contribution in [3.05, 3.63) is 120 Å². The lowest BCUT2D eigenvalue weighted by atomic mass is 9.98. The number of ether oxygens (including phenoxy) is 1. The first kappa shape index (κ1) is 22.9. The molecule has 37 heavy (non-hydrogen) atoms. The van der Waals surface area contributed by atoms with Crippen LogP contribution in [0.3, 0.4) is 0 Å². The fourth-order valence-electron chi connectivity index (χ4n) is 5.07. The molecular weight excluding hydrogens is 472 g/mol. The zero-order chi connectivity index (χ0) is 25.4. The lowest BCUT2D eigenvalue weighted by Gasteiger charge is -2.15. The minimum absolute atomic E-state index is 0.0179. The van der Waals surface area contributed by atoms with Gasteiger partial charge in [-0.1, -0.05) is 48.5 Å². The summed E-state index contributed by atoms with van der Waals surface area (Å²) in [5, 5.41) is 2.80. The van der Waals surface area contributed by atoms with Gasteiger partial charge in [-0.25, -0.2) is 18.6 Å². The summed E-state index contributed by atoms with van der Waals surface area (Å²) in [4.78, 5) is 17.2. The lowest BCUT2D eigenvalue weighted by Crippen LogP contribution is -2.28. The Morgan fingerprint density at radius 1 is 0.865 bits per heavy atom. The summed E-state index contributed by atoms with van der Waals surface area (Å²) in [6, 6.07) is 26.6. The number of imidazole rings is 1. The van der Waals surface area contributed by atoms with Gasteiger partial charge in [0.25, 0.3) is 0 Å². The molecular formula is C30H23F2N3O2. The number of rotatable bonds is 6. The van der Waals surface area contributed by atoms with Gasteiger partial charge in [-0.15, -0.1) is 0 Å². The number of alkyl carbamates (subject to hydrolysis) is 1. The van der Waals surface area contributed by atoms with Gasteiger partial charge >= 0.3 is 6.09 Å². The van der Waals surface area contributed by atoms with Gasteiger partial charge in [-0.2, -0.15) is 0 Å². The molecule has 1 amide bonds. The van der Waals surface area contributed by atoms with E-state index in [0.717, 1.165) is 11.1 Å². The second kappa shape index (κ2) is 9.50. The first-order valence-corrected chi connectivity index (χ1v) is 12.1. The maximum Gasteiger partial charge on any atom is 0.407 e. The van der Waals surface area contributed by atoms with E-state index in [2.05, 4.69) is 34.6 Å². The zero-order valence-corrected chi connectivity index (χ0v) is 19.8. The van der Waals surface area contributed by atoms with Crippen LogP contribution >= 0.6 is 0 Å². The number of fused-ring (bicyclic) bond motifs is 4. The van der Waals surface area contributed by atoms with E-state index in [-0.39, 0.29) is 30.7 Å². The number of benzene rings is 4. The second-order valence-corrected chi connectivity index (χ2v) is 8.98. The molecule has 0 saturated heterocycles. The number of amides is 1. The van der Waals surface area contributed by atoms with E-state index in [0.29, 0.717) is 29.0 Å². The highest BCUT2D eigenvalue weighted by atomic mass is 19.1. The van der Waals surface area contributed by atoms with Gasteiger partial charge in [0.05, 0.1) is 11.0 Å². The molecule has 0 atom stereocenters. The highest BCUT2D eigenvalue weighted by Gasteiger charge is 2.29. The number of halogens is 2. The molecule has 5 nitrogen and oxygen atoms in total. The Morgan fingerprint density at radius 2 is 1.51 bits per heavy atom. The van der Waals surface area contributed by atoms with Gasteiger partial charge in [0.1, 0.15) is 24.1 Å². The van der Waals surface area contributed by atoms with Crippen molar-refractivity contribution in [1.29, 1.82) is 0 Å². The van der Waals surface area contributed by atoms with Crippen LogP contribution in [-0.2, 0) is 11.2 Å². The van der Waals surface area contributed by atoms with E-state index >= 15 is 0 Å². The van der Waals surface area contributed by atoms with Crippen LogP contribution in [0.2, 0.25) is 0 Å². The summed E-state index contributed by atoms with van der Waals surface area (Å²) in [6.45, 7) is 0.497. The third kappa shape index (κ3) is 4.33. The molecule has 0 aliphatic heterocycles. The Balaban J connectivity index is 1.15. The molecule has 7 heteroatoms. The molecule has 1 aromatic heterocycles. The first-order chi connectivity index (χ1) is 18.1. The average molecular weight is 496 g/mol. The summed E-state index contributed by atoms with van der Waals surface area (Å²) in [6.07, 6.45) is -0.143. The molecule has 5 aromatic rings. The number of carbonyl (C=O) groups excluding carboxylic acids is 1. The van der Waals surface area contributed by atoms with Crippen LogP contribution in [-0.4, -0.2) is 28.8 Å². The average Bonchev–Trinajstić information content (AvgIpc) is 3.43. The van der Waals surface area contributed by atoms with Gasteiger partial charge in [0.2, 0.25) is 0 Å². The molecule has 0 fully saturated rings. The smallest absolute Gasteiger partial charge is 0.407 e. The summed E-state index contributed by atoms with van der Waals surface area (Å²) in [5.41, 5.74) is 6.48. The van der Waals surface area contributed by atoms with Gasteiger partial charge in [-0.05, 0) is 58.7 Å². The van der Waals surface area contributed by atoms with Gasteiger partial charge in [0, 0.05) is 30.6 Å². The van der Waals surface area contributed by atoms with Crippen molar-refractivity contribution in [1.82, 2.24) is 14.9 Å². The van der Waals surface area contributed by atoms with Crippen LogP contribution in [0.1, 0.15) is 22.9 Å². The Kier molecular flexibility index (Phi) is 5.88. The third-order valence-electron chi connectivity index (χ3n) is 6.73. The third-order valence-corrected chi connectivity index (χ3v) is 6.73. The molecule has 184 valence electrons. The van der Waals surface area contributed by atoms with Crippen molar-refractivity contribution in [2.75, 3.05) is 13.2 Å². The number of hydrogen-bond acceptors (Lipinski definition) is 3. The molecule has 1 aliphatic carbocycles. The van der Waals surface area contributed by atoms with Crippen molar-refractivity contribution in [2.24, 2.45) is 0 Å². The molecule has 1 heterocycles.